The monoisotopic (exact) mass is 272 g/mol. The summed E-state index contributed by atoms with van der Waals surface area (Å²) in [5.74, 6) is 0.701. The molecule has 0 bridgehead atoms. The van der Waals surface area contributed by atoms with E-state index in [0.29, 0.717) is 10.3 Å². The Morgan fingerprint density at radius 1 is 1.16 bits per heavy atom. The van der Waals surface area contributed by atoms with Crippen molar-refractivity contribution in [3.63, 3.8) is 0 Å². The lowest BCUT2D eigenvalue weighted by atomic mass is 10.3. The number of pyridine rings is 1. The van der Waals surface area contributed by atoms with Crippen molar-refractivity contribution in [1.82, 2.24) is 4.57 Å². The zero-order chi connectivity index (χ0) is 14.0. The van der Waals surface area contributed by atoms with Gasteiger partial charge in [-0.25, -0.2) is 0 Å². The van der Waals surface area contributed by atoms with Gasteiger partial charge in [-0.2, -0.15) is 13.2 Å². The first kappa shape index (κ1) is 13.4. The highest BCUT2D eigenvalue weighted by Gasteiger charge is 2.34. The lowest BCUT2D eigenvalue weighted by molar-refractivity contribution is -0.144. The van der Waals surface area contributed by atoms with Crippen LogP contribution >= 0.6 is 0 Å². The summed E-state index contributed by atoms with van der Waals surface area (Å²) in [5, 5.41) is 0. The highest BCUT2D eigenvalue weighted by molar-refractivity contribution is 5.14. The van der Waals surface area contributed by atoms with E-state index in [9.17, 15) is 18.0 Å². The third kappa shape index (κ3) is 2.87. The van der Waals surface area contributed by atoms with Crippen molar-refractivity contribution in [3.05, 3.63) is 57.9 Å². The van der Waals surface area contributed by atoms with Gasteiger partial charge in [0.15, 0.2) is 0 Å². The summed E-state index contributed by atoms with van der Waals surface area (Å²) in [6.45, 7) is -0.135. The molecule has 0 spiro atoms. The van der Waals surface area contributed by atoms with Gasteiger partial charge in [-0.3, -0.25) is 9.36 Å². The van der Waals surface area contributed by atoms with Crippen molar-refractivity contribution in [2.75, 3.05) is 0 Å². The summed E-state index contributed by atoms with van der Waals surface area (Å²) >= 11 is 0. The molecule has 0 aliphatic heterocycles. The summed E-state index contributed by atoms with van der Waals surface area (Å²) < 4.78 is 44.2. The zero-order valence-electron chi connectivity index (χ0n) is 9.78. The number of hydrogen-bond donors (Lipinski definition) is 1. The molecule has 0 atom stereocenters. The first-order valence-corrected chi connectivity index (χ1v) is 5.46. The maximum atomic E-state index is 12.8. The molecule has 0 saturated carbocycles. The van der Waals surface area contributed by atoms with Gasteiger partial charge in [0, 0.05) is 6.07 Å². The number of hydrogen-bond acceptors (Lipinski definition) is 3. The van der Waals surface area contributed by atoms with E-state index < -0.39 is 17.4 Å². The first-order chi connectivity index (χ1) is 8.91. The number of aromatic nitrogens is 1. The normalized spacial score (nSPS) is 11.8. The van der Waals surface area contributed by atoms with E-state index in [-0.39, 0.29) is 18.8 Å². The SMILES string of the molecule is NCc1ccc(Cn2c(C(F)(F)F)cccc2=O)o1. The molecule has 2 rings (SSSR count). The molecule has 2 heterocycles. The maximum Gasteiger partial charge on any atom is 0.431 e. The first-order valence-electron chi connectivity index (χ1n) is 5.46. The molecular formula is C12H11F3N2O2. The van der Waals surface area contributed by atoms with Crippen LogP contribution in [0.25, 0.3) is 0 Å². The van der Waals surface area contributed by atoms with Crippen molar-refractivity contribution >= 4 is 0 Å². The van der Waals surface area contributed by atoms with Crippen molar-refractivity contribution < 1.29 is 17.6 Å². The van der Waals surface area contributed by atoms with E-state index in [1.54, 1.807) is 6.07 Å². The second-order valence-corrected chi connectivity index (χ2v) is 3.91. The molecule has 4 nitrogen and oxygen atoms in total. The maximum absolute atomic E-state index is 12.8. The summed E-state index contributed by atoms with van der Waals surface area (Å²) in [7, 11) is 0. The summed E-state index contributed by atoms with van der Waals surface area (Å²) in [6.07, 6.45) is -4.59. The lowest BCUT2D eigenvalue weighted by Gasteiger charge is -2.13. The van der Waals surface area contributed by atoms with Crippen molar-refractivity contribution in [2.24, 2.45) is 5.73 Å². The highest BCUT2D eigenvalue weighted by atomic mass is 19.4. The second-order valence-electron chi connectivity index (χ2n) is 3.91. The highest BCUT2D eigenvalue weighted by Crippen LogP contribution is 2.28. The average molecular weight is 272 g/mol. The number of nitrogens with two attached hydrogens (primary N) is 1. The van der Waals surface area contributed by atoms with Crippen LogP contribution in [0.1, 0.15) is 17.2 Å². The van der Waals surface area contributed by atoms with Gasteiger partial charge in [-0.1, -0.05) is 6.07 Å². The number of alkyl halides is 3. The smallest absolute Gasteiger partial charge is 0.431 e. The topological polar surface area (TPSA) is 61.2 Å². The number of furan rings is 1. The molecule has 102 valence electrons. The Balaban J connectivity index is 2.42. The van der Waals surface area contributed by atoms with Crippen LogP contribution in [0, 0.1) is 0 Å². The molecule has 0 unspecified atom stereocenters. The molecule has 2 N–H and O–H groups in total. The van der Waals surface area contributed by atoms with E-state index in [0.717, 1.165) is 18.2 Å². The Morgan fingerprint density at radius 3 is 2.42 bits per heavy atom. The molecule has 2 aromatic rings. The van der Waals surface area contributed by atoms with Gasteiger partial charge in [0.2, 0.25) is 0 Å². The van der Waals surface area contributed by atoms with Crippen LogP contribution in [0.3, 0.4) is 0 Å². The molecule has 0 radical (unpaired) electrons. The Morgan fingerprint density at radius 2 is 1.84 bits per heavy atom. The molecular weight excluding hydrogens is 261 g/mol. The average Bonchev–Trinajstić information content (AvgIpc) is 2.78. The molecule has 7 heteroatoms. The number of rotatable bonds is 3. The largest absolute Gasteiger partial charge is 0.463 e. The van der Waals surface area contributed by atoms with E-state index in [2.05, 4.69) is 0 Å². The van der Waals surface area contributed by atoms with Crippen LogP contribution in [0.2, 0.25) is 0 Å². The van der Waals surface area contributed by atoms with Gasteiger partial charge >= 0.3 is 6.18 Å². The third-order valence-corrected chi connectivity index (χ3v) is 2.57. The summed E-state index contributed by atoms with van der Waals surface area (Å²) in [6, 6.07) is 6.07. The van der Waals surface area contributed by atoms with Crippen LogP contribution < -0.4 is 11.3 Å². The Bertz CT molecular complexity index is 628. The van der Waals surface area contributed by atoms with Crippen LogP contribution in [0.15, 0.2) is 39.5 Å². The predicted octanol–water partition coefficient (Wildman–Crippen LogP) is 1.97. The fraction of sp³-hybridized carbons (Fsp3) is 0.250. The fourth-order valence-electron chi connectivity index (χ4n) is 1.70. The molecule has 0 aromatic carbocycles. The van der Waals surface area contributed by atoms with Crippen LogP contribution in [0.4, 0.5) is 13.2 Å². The number of halogens is 3. The Hall–Kier alpha value is -2.02. The molecule has 0 fully saturated rings. The predicted molar refractivity (Wildman–Crippen MR) is 61.4 cm³/mol. The molecule has 0 aliphatic rings. The van der Waals surface area contributed by atoms with Crippen LogP contribution in [0.5, 0.6) is 0 Å². The minimum absolute atomic E-state index is 0.149. The van der Waals surface area contributed by atoms with Gasteiger partial charge in [-0.15, -0.1) is 0 Å². The van der Waals surface area contributed by atoms with Gasteiger partial charge < -0.3 is 10.2 Å². The summed E-state index contributed by atoms with van der Waals surface area (Å²) in [4.78, 5) is 11.6. The molecule has 2 aromatic heterocycles. The van der Waals surface area contributed by atoms with Gasteiger partial charge in [0.05, 0.1) is 13.1 Å². The minimum atomic E-state index is -4.59. The van der Waals surface area contributed by atoms with Crippen molar-refractivity contribution in [2.45, 2.75) is 19.3 Å². The molecule has 0 aliphatic carbocycles. The standard InChI is InChI=1S/C12H11F3N2O2/c13-12(14,15)10-2-1-3-11(18)17(10)7-9-5-4-8(6-16)19-9/h1-5H,6-7,16H2. The second kappa shape index (κ2) is 4.93. The molecule has 19 heavy (non-hydrogen) atoms. The van der Waals surface area contributed by atoms with E-state index in [1.807, 2.05) is 0 Å². The van der Waals surface area contributed by atoms with Crippen LogP contribution in [-0.4, -0.2) is 4.57 Å². The van der Waals surface area contributed by atoms with Crippen molar-refractivity contribution in [3.8, 4) is 0 Å². The number of nitrogens with zero attached hydrogens (tertiary/aromatic N) is 1. The molecule has 0 saturated heterocycles. The third-order valence-electron chi connectivity index (χ3n) is 2.57. The van der Waals surface area contributed by atoms with E-state index in [1.165, 1.54) is 6.07 Å². The quantitative estimate of drug-likeness (QED) is 0.929. The van der Waals surface area contributed by atoms with Gasteiger partial charge in [0.25, 0.3) is 5.56 Å². The Kier molecular flexibility index (Phi) is 3.48. The minimum Gasteiger partial charge on any atom is -0.463 e. The molecule has 0 amide bonds. The van der Waals surface area contributed by atoms with E-state index in [4.69, 9.17) is 10.2 Å². The fourth-order valence-corrected chi connectivity index (χ4v) is 1.70. The Labute approximate surface area is 106 Å². The van der Waals surface area contributed by atoms with Crippen LogP contribution in [-0.2, 0) is 19.3 Å². The van der Waals surface area contributed by atoms with E-state index >= 15 is 0 Å². The van der Waals surface area contributed by atoms with Crippen molar-refractivity contribution in [1.29, 1.82) is 0 Å². The lowest BCUT2D eigenvalue weighted by Crippen LogP contribution is -2.27. The van der Waals surface area contributed by atoms with Gasteiger partial charge in [-0.05, 0) is 18.2 Å². The van der Waals surface area contributed by atoms with Gasteiger partial charge in [0.1, 0.15) is 17.2 Å². The summed E-state index contributed by atoms with van der Waals surface area (Å²) in [5.41, 5.74) is 3.60. The zero-order valence-corrected chi connectivity index (χ0v) is 9.78.